The average Bonchev–Trinajstić information content (AvgIpc) is 2.14. The Balaban J connectivity index is 3.64. The molecule has 80 valence electrons. The zero-order valence-electron chi connectivity index (χ0n) is 8.16. The van der Waals surface area contributed by atoms with Gasteiger partial charge in [-0.15, -0.1) is 6.58 Å². The maximum Gasteiger partial charge on any atom is 0.322 e. The Bertz CT molecular complexity index is 215. The molecule has 0 aliphatic carbocycles. The van der Waals surface area contributed by atoms with E-state index in [1.807, 2.05) is 0 Å². The monoisotopic (exact) mass is 201 g/mol. The molecule has 0 aliphatic heterocycles. The van der Waals surface area contributed by atoms with Gasteiger partial charge in [0.05, 0.1) is 6.61 Å². The van der Waals surface area contributed by atoms with E-state index < -0.39 is 18.0 Å². The molecule has 14 heavy (non-hydrogen) atoms. The molecule has 5 nitrogen and oxygen atoms in total. The third kappa shape index (κ3) is 6.19. The fraction of sp³-hybridized carbons (Fsp3) is 0.556. The lowest BCUT2D eigenvalue weighted by Gasteiger charge is -2.11. The van der Waals surface area contributed by atoms with Gasteiger partial charge in [0, 0.05) is 0 Å². The molecule has 0 saturated carbocycles. The molecule has 1 unspecified atom stereocenters. The van der Waals surface area contributed by atoms with Crippen LogP contribution in [0.3, 0.4) is 0 Å². The average molecular weight is 201 g/mol. The maximum atomic E-state index is 11.1. The standard InChI is InChI=1S/C9H15NO4/c1-3-4-5-14-7(2)9(13)10-6-8(11)12/h3,7H,1,4-6H2,2H3,(H,10,13)(H,11,12). The topological polar surface area (TPSA) is 75.6 Å². The van der Waals surface area contributed by atoms with Crippen LogP contribution in [0.15, 0.2) is 12.7 Å². The normalized spacial score (nSPS) is 11.8. The van der Waals surface area contributed by atoms with E-state index in [9.17, 15) is 9.59 Å². The van der Waals surface area contributed by atoms with Crippen molar-refractivity contribution < 1.29 is 19.4 Å². The summed E-state index contributed by atoms with van der Waals surface area (Å²) in [5.41, 5.74) is 0. The van der Waals surface area contributed by atoms with Crippen LogP contribution in [0, 0.1) is 0 Å². The van der Waals surface area contributed by atoms with Crippen LogP contribution in [0.5, 0.6) is 0 Å². The van der Waals surface area contributed by atoms with Crippen molar-refractivity contribution in [1.29, 1.82) is 0 Å². The molecule has 0 fully saturated rings. The molecule has 0 aromatic carbocycles. The third-order valence-electron chi connectivity index (χ3n) is 1.47. The second-order valence-corrected chi connectivity index (χ2v) is 2.70. The summed E-state index contributed by atoms with van der Waals surface area (Å²) >= 11 is 0. The predicted molar refractivity (Wildman–Crippen MR) is 50.9 cm³/mol. The Morgan fingerprint density at radius 1 is 1.64 bits per heavy atom. The van der Waals surface area contributed by atoms with Crippen molar-refractivity contribution in [2.45, 2.75) is 19.4 Å². The molecule has 0 saturated heterocycles. The highest BCUT2D eigenvalue weighted by atomic mass is 16.5. The number of amides is 1. The summed E-state index contributed by atoms with van der Waals surface area (Å²) in [6, 6.07) is 0. The molecule has 0 aromatic rings. The van der Waals surface area contributed by atoms with Crippen LogP contribution in [0.4, 0.5) is 0 Å². The largest absolute Gasteiger partial charge is 0.480 e. The van der Waals surface area contributed by atoms with Crippen molar-refractivity contribution in [3.8, 4) is 0 Å². The van der Waals surface area contributed by atoms with Gasteiger partial charge in [0.1, 0.15) is 12.6 Å². The highest BCUT2D eigenvalue weighted by molar-refractivity contribution is 5.84. The predicted octanol–water partition coefficient (Wildman–Crippen LogP) is 0.168. The lowest BCUT2D eigenvalue weighted by atomic mass is 10.3. The van der Waals surface area contributed by atoms with Gasteiger partial charge >= 0.3 is 5.97 Å². The molecule has 1 amide bonds. The molecule has 5 heteroatoms. The first-order valence-corrected chi connectivity index (χ1v) is 4.30. The Labute approximate surface area is 82.7 Å². The van der Waals surface area contributed by atoms with Crippen molar-refractivity contribution in [3.63, 3.8) is 0 Å². The van der Waals surface area contributed by atoms with Crippen LogP contribution < -0.4 is 5.32 Å². The molecule has 0 radical (unpaired) electrons. The van der Waals surface area contributed by atoms with Crippen molar-refractivity contribution in [2.24, 2.45) is 0 Å². The minimum Gasteiger partial charge on any atom is -0.480 e. The van der Waals surface area contributed by atoms with Crippen molar-refractivity contribution in [2.75, 3.05) is 13.2 Å². The van der Waals surface area contributed by atoms with E-state index in [1.165, 1.54) is 0 Å². The summed E-state index contributed by atoms with van der Waals surface area (Å²) in [6.45, 7) is 5.10. The van der Waals surface area contributed by atoms with Crippen LogP contribution in [0.25, 0.3) is 0 Å². The highest BCUT2D eigenvalue weighted by Crippen LogP contribution is 1.92. The van der Waals surface area contributed by atoms with Crippen LogP contribution in [-0.2, 0) is 14.3 Å². The summed E-state index contributed by atoms with van der Waals surface area (Å²) in [5.74, 6) is -1.49. The molecular weight excluding hydrogens is 186 g/mol. The second-order valence-electron chi connectivity index (χ2n) is 2.70. The molecule has 1 atom stereocenters. The number of rotatable bonds is 7. The number of hydrogen-bond donors (Lipinski definition) is 2. The van der Waals surface area contributed by atoms with Gasteiger partial charge in [0.15, 0.2) is 0 Å². The van der Waals surface area contributed by atoms with Crippen molar-refractivity contribution in [1.82, 2.24) is 5.32 Å². The van der Waals surface area contributed by atoms with Crippen molar-refractivity contribution >= 4 is 11.9 Å². The van der Waals surface area contributed by atoms with Gasteiger partial charge in [-0.2, -0.15) is 0 Å². The number of carboxylic acid groups (broad SMARTS) is 1. The molecule has 0 bridgehead atoms. The van der Waals surface area contributed by atoms with E-state index >= 15 is 0 Å². The number of nitrogens with one attached hydrogen (secondary N) is 1. The number of carboxylic acids is 1. The molecule has 0 spiro atoms. The smallest absolute Gasteiger partial charge is 0.322 e. The summed E-state index contributed by atoms with van der Waals surface area (Å²) in [7, 11) is 0. The van der Waals surface area contributed by atoms with Gasteiger partial charge in [-0.1, -0.05) is 6.08 Å². The first kappa shape index (κ1) is 12.6. The van der Waals surface area contributed by atoms with E-state index in [0.29, 0.717) is 13.0 Å². The van der Waals surface area contributed by atoms with Gasteiger partial charge in [-0.05, 0) is 13.3 Å². The minimum atomic E-state index is -1.07. The third-order valence-corrected chi connectivity index (χ3v) is 1.47. The Kier molecular flexibility index (Phi) is 6.39. The number of ether oxygens (including phenoxy) is 1. The van der Waals surface area contributed by atoms with E-state index in [-0.39, 0.29) is 6.54 Å². The Hall–Kier alpha value is -1.36. The zero-order valence-corrected chi connectivity index (χ0v) is 8.16. The maximum absolute atomic E-state index is 11.1. The van der Waals surface area contributed by atoms with Crippen LogP contribution in [-0.4, -0.2) is 36.2 Å². The van der Waals surface area contributed by atoms with Gasteiger partial charge in [0.25, 0.3) is 0 Å². The molecule has 0 aliphatic rings. The second kappa shape index (κ2) is 7.08. The number of hydrogen-bond acceptors (Lipinski definition) is 3. The van der Waals surface area contributed by atoms with E-state index in [1.54, 1.807) is 13.0 Å². The first-order chi connectivity index (χ1) is 6.57. The Morgan fingerprint density at radius 3 is 2.79 bits per heavy atom. The fourth-order valence-corrected chi connectivity index (χ4v) is 0.710. The SMILES string of the molecule is C=CCCOC(C)C(=O)NCC(=O)O. The Morgan fingerprint density at radius 2 is 2.29 bits per heavy atom. The summed E-state index contributed by atoms with van der Waals surface area (Å²) in [4.78, 5) is 21.2. The van der Waals surface area contributed by atoms with Crippen molar-refractivity contribution in [3.05, 3.63) is 12.7 Å². The van der Waals surface area contributed by atoms with Crippen LogP contribution in [0.1, 0.15) is 13.3 Å². The van der Waals surface area contributed by atoms with E-state index in [4.69, 9.17) is 9.84 Å². The van der Waals surface area contributed by atoms with E-state index in [0.717, 1.165) is 0 Å². The van der Waals surface area contributed by atoms with Crippen LogP contribution in [0.2, 0.25) is 0 Å². The number of carbonyl (C=O) groups is 2. The summed E-state index contributed by atoms with van der Waals surface area (Å²) in [5, 5.41) is 10.5. The summed E-state index contributed by atoms with van der Waals surface area (Å²) in [6.07, 6.45) is 1.72. The van der Waals surface area contributed by atoms with Crippen LogP contribution >= 0.6 is 0 Å². The molecule has 0 rings (SSSR count). The molecule has 0 heterocycles. The first-order valence-electron chi connectivity index (χ1n) is 4.30. The highest BCUT2D eigenvalue weighted by Gasteiger charge is 2.12. The minimum absolute atomic E-state index is 0.381. The number of carbonyl (C=O) groups excluding carboxylic acids is 1. The van der Waals surface area contributed by atoms with Gasteiger partial charge in [-0.25, -0.2) is 0 Å². The number of aliphatic carboxylic acids is 1. The van der Waals surface area contributed by atoms with E-state index in [2.05, 4.69) is 11.9 Å². The lowest BCUT2D eigenvalue weighted by molar-refractivity contribution is -0.140. The zero-order chi connectivity index (χ0) is 11.0. The molecule has 2 N–H and O–H groups in total. The molecular formula is C9H15NO4. The quantitative estimate of drug-likeness (QED) is 0.454. The molecule has 0 aromatic heterocycles. The summed E-state index contributed by atoms with van der Waals surface area (Å²) < 4.78 is 5.10. The lowest BCUT2D eigenvalue weighted by Crippen LogP contribution is -2.37. The van der Waals surface area contributed by atoms with Gasteiger partial charge in [0.2, 0.25) is 5.91 Å². The van der Waals surface area contributed by atoms with Gasteiger partial charge < -0.3 is 15.2 Å². The van der Waals surface area contributed by atoms with Gasteiger partial charge in [-0.3, -0.25) is 9.59 Å². The fourth-order valence-electron chi connectivity index (χ4n) is 0.710.